The molecule has 1 saturated heterocycles. The number of methoxy groups -OCH3 is 1. The number of esters is 1. The molecule has 1 aliphatic rings. The Morgan fingerprint density at radius 3 is 2.76 bits per heavy atom. The van der Waals surface area contributed by atoms with E-state index in [2.05, 4.69) is 25.0 Å². The minimum atomic E-state index is -0.862. The van der Waals surface area contributed by atoms with Crippen molar-refractivity contribution in [2.45, 2.75) is 31.3 Å². The van der Waals surface area contributed by atoms with E-state index in [0.717, 1.165) is 5.56 Å². The second-order valence-electron chi connectivity index (χ2n) is 7.37. The molecule has 0 saturated carbocycles. The van der Waals surface area contributed by atoms with Crippen molar-refractivity contribution in [3.63, 3.8) is 0 Å². The third-order valence-corrected chi connectivity index (χ3v) is 5.10. The van der Waals surface area contributed by atoms with E-state index in [0.29, 0.717) is 0 Å². The summed E-state index contributed by atoms with van der Waals surface area (Å²) in [6.45, 7) is -0.758. The quantitative estimate of drug-likeness (QED) is 0.399. The first-order valence-corrected chi connectivity index (χ1v) is 10.2. The number of nitrogens with zero attached hydrogens (tertiary/aromatic N) is 4. The van der Waals surface area contributed by atoms with Crippen LogP contribution in [-0.2, 0) is 25.5 Å². The fourth-order valence-corrected chi connectivity index (χ4v) is 3.44. The summed E-state index contributed by atoms with van der Waals surface area (Å²) < 4.78 is 17.3. The molecule has 0 bridgehead atoms. The van der Waals surface area contributed by atoms with Crippen molar-refractivity contribution in [2.24, 2.45) is 0 Å². The summed E-state index contributed by atoms with van der Waals surface area (Å²) >= 11 is 0. The van der Waals surface area contributed by atoms with E-state index in [4.69, 9.17) is 9.47 Å². The highest BCUT2D eigenvalue weighted by molar-refractivity contribution is 5.91. The second-order valence-corrected chi connectivity index (χ2v) is 7.37. The third kappa shape index (κ3) is 5.08. The smallest absolute Gasteiger partial charge is 0.343 e. The molecule has 3 aromatic rings. The maximum absolute atomic E-state index is 12.5. The number of benzene rings is 1. The predicted molar refractivity (Wildman–Crippen MR) is 113 cm³/mol. The number of aliphatic hydroxyl groups excluding tert-OH is 2. The Kier molecular flexibility index (Phi) is 6.77. The first kappa shape index (κ1) is 22.6. The Bertz CT molecular complexity index is 1140. The molecule has 12 nitrogen and oxygen atoms in total. The Balaban J connectivity index is 1.64. The molecule has 0 radical (unpaired) electrons. The Morgan fingerprint density at radius 1 is 1.27 bits per heavy atom. The number of aliphatic hydroxyl groups is 2. The molecule has 0 unspecified atom stereocenters. The number of imidazole rings is 1. The van der Waals surface area contributed by atoms with Crippen molar-refractivity contribution < 1.29 is 34.0 Å². The average Bonchev–Trinajstić information content (AvgIpc) is 3.40. The van der Waals surface area contributed by atoms with Gasteiger partial charge in [0.25, 0.3) is 0 Å². The van der Waals surface area contributed by atoms with Crippen LogP contribution in [0.1, 0.15) is 18.2 Å². The summed E-state index contributed by atoms with van der Waals surface area (Å²) in [7, 11) is 1.23. The summed E-state index contributed by atoms with van der Waals surface area (Å²) in [6, 6.07) is 9.16. The number of hydrogen-bond donors (Lipinski definition) is 3. The van der Waals surface area contributed by atoms with Crippen molar-refractivity contribution in [1.82, 2.24) is 19.5 Å². The molecule has 2 aromatic heterocycles. The summed E-state index contributed by atoms with van der Waals surface area (Å²) in [5.41, 5.74) is 1.30. The monoisotopic (exact) mass is 457 g/mol. The second kappa shape index (κ2) is 9.90. The van der Waals surface area contributed by atoms with Crippen molar-refractivity contribution in [2.75, 3.05) is 25.6 Å². The lowest BCUT2D eigenvalue weighted by Crippen LogP contribution is -2.24. The van der Waals surface area contributed by atoms with Gasteiger partial charge in [-0.2, -0.15) is 9.97 Å². The lowest BCUT2D eigenvalue weighted by molar-refractivity contribution is -0.143. The molecule has 3 heterocycles. The van der Waals surface area contributed by atoms with E-state index in [9.17, 15) is 19.8 Å². The van der Waals surface area contributed by atoms with Crippen molar-refractivity contribution in [3.05, 3.63) is 42.2 Å². The molecule has 33 heavy (non-hydrogen) atoms. The van der Waals surface area contributed by atoms with Crippen LogP contribution in [0.4, 0.5) is 5.95 Å². The van der Waals surface area contributed by atoms with Gasteiger partial charge in [-0.15, -0.1) is 0 Å². The topological polar surface area (TPSA) is 158 Å². The van der Waals surface area contributed by atoms with E-state index < -0.39 is 31.0 Å². The summed E-state index contributed by atoms with van der Waals surface area (Å²) in [6.07, 6.45) is -0.519. The van der Waals surface area contributed by atoms with Gasteiger partial charge in [0, 0.05) is 6.42 Å². The van der Waals surface area contributed by atoms with Crippen molar-refractivity contribution >= 4 is 29.0 Å². The van der Waals surface area contributed by atoms with Crippen LogP contribution in [0, 0.1) is 0 Å². The number of ether oxygens (including phenoxy) is 3. The number of rotatable bonds is 8. The van der Waals surface area contributed by atoms with Gasteiger partial charge in [0.05, 0.1) is 32.6 Å². The van der Waals surface area contributed by atoms with Crippen molar-refractivity contribution in [1.29, 1.82) is 0 Å². The standard InChI is InChI=1S/C21H23N5O7/c1-31-17(30)10-32-20-18-19(26(11-22-18)16-8-13(28)14(9-27)33-16)24-21(25-20)23-15(29)7-12-5-3-2-4-6-12/h2-6,11,13-14,16,27-28H,7-10H2,1H3,(H,23,24,25,29)/t13-,14+,16+/m0/s1. The van der Waals surface area contributed by atoms with Crippen molar-refractivity contribution in [3.8, 4) is 5.88 Å². The highest BCUT2D eigenvalue weighted by Gasteiger charge is 2.35. The van der Waals surface area contributed by atoms with Gasteiger partial charge in [0.1, 0.15) is 12.3 Å². The zero-order valence-corrected chi connectivity index (χ0v) is 17.7. The fourth-order valence-electron chi connectivity index (χ4n) is 3.44. The van der Waals surface area contributed by atoms with E-state index in [-0.39, 0.29) is 48.3 Å². The van der Waals surface area contributed by atoms with Gasteiger partial charge in [-0.3, -0.25) is 14.7 Å². The molecule has 3 N–H and O–H groups in total. The van der Waals surface area contributed by atoms with Gasteiger partial charge < -0.3 is 24.4 Å². The van der Waals surface area contributed by atoms with Crippen LogP contribution in [0.3, 0.4) is 0 Å². The first-order valence-electron chi connectivity index (χ1n) is 10.2. The number of amides is 1. The van der Waals surface area contributed by atoms with Crippen LogP contribution in [0.2, 0.25) is 0 Å². The molecule has 1 aliphatic heterocycles. The minimum absolute atomic E-state index is 0.0311. The number of nitrogens with one attached hydrogen (secondary N) is 1. The number of anilines is 1. The molecule has 0 spiro atoms. The minimum Gasteiger partial charge on any atom is -0.466 e. The Labute approximate surface area is 188 Å². The van der Waals surface area contributed by atoms with Crippen LogP contribution in [-0.4, -0.2) is 74.1 Å². The number of carbonyl (C=O) groups is 2. The van der Waals surface area contributed by atoms with E-state index in [1.165, 1.54) is 13.4 Å². The normalized spacial score (nSPS) is 20.0. The maximum atomic E-state index is 12.5. The van der Waals surface area contributed by atoms with Crippen LogP contribution in [0.25, 0.3) is 11.2 Å². The number of fused-ring (bicyclic) bond motifs is 1. The number of aromatic nitrogens is 4. The van der Waals surface area contributed by atoms with Gasteiger partial charge in [-0.1, -0.05) is 30.3 Å². The van der Waals surface area contributed by atoms with Gasteiger partial charge in [0.2, 0.25) is 17.7 Å². The third-order valence-electron chi connectivity index (χ3n) is 5.10. The Hall–Kier alpha value is -3.61. The molecule has 3 atom stereocenters. The van der Waals surface area contributed by atoms with Gasteiger partial charge >= 0.3 is 5.97 Å². The van der Waals surface area contributed by atoms with E-state index >= 15 is 0 Å². The Morgan fingerprint density at radius 2 is 2.06 bits per heavy atom. The highest BCUT2D eigenvalue weighted by atomic mass is 16.6. The number of hydrogen-bond acceptors (Lipinski definition) is 10. The average molecular weight is 457 g/mol. The van der Waals surface area contributed by atoms with Gasteiger partial charge in [-0.05, 0) is 5.56 Å². The molecule has 4 rings (SSSR count). The zero-order valence-electron chi connectivity index (χ0n) is 17.7. The van der Waals surface area contributed by atoms with E-state index in [1.807, 2.05) is 30.3 Å². The lowest BCUT2D eigenvalue weighted by atomic mass is 10.1. The molecular formula is C21H23N5O7. The maximum Gasteiger partial charge on any atom is 0.343 e. The van der Waals surface area contributed by atoms with Crippen LogP contribution < -0.4 is 10.1 Å². The fraction of sp³-hybridized carbons (Fsp3) is 0.381. The number of carbonyl (C=O) groups excluding carboxylic acids is 2. The molecule has 1 amide bonds. The van der Waals surface area contributed by atoms with Gasteiger partial charge in [-0.25, -0.2) is 9.78 Å². The summed E-state index contributed by atoms with van der Waals surface area (Å²) in [5.74, 6) is -1.05. The van der Waals surface area contributed by atoms with Crippen LogP contribution in [0.5, 0.6) is 5.88 Å². The van der Waals surface area contributed by atoms with Crippen LogP contribution in [0.15, 0.2) is 36.7 Å². The zero-order chi connectivity index (χ0) is 23.4. The predicted octanol–water partition coefficient (Wildman–Crippen LogP) is 0.200. The summed E-state index contributed by atoms with van der Waals surface area (Å²) in [5, 5.41) is 22.1. The largest absolute Gasteiger partial charge is 0.466 e. The lowest BCUT2D eigenvalue weighted by Gasteiger charge is -2.14. The molecule has 1 aromatic carbocycles. The SMILES string of the molecule is COC(=O)COc1nc(NC(=O)Cc2ccccc2)nc2c1ncn2[C@H]1C[C@H](O)[C@@H](CO)O1. The summed E-state index contributed by atoms with van der Waals surface area (Å²) in [4.78, 5) is 36.9. The molecular weight excluding hydrogens is 434 g/mol. The van der Waals surface area contributed by atoms with Gasteiger partial charge in [0.15, 0.2) is 17.8 Å². The van der Waals surface area contributed by atoms with Crippen LogP contribution >= 0.6 is 0 Å². The molecule has 174 valence electrons. The molecule has 12 heteroatoms. The molecule has 1 fully saturated rings. The molecule has 0 aliphatic carbocycles. The first-order chi connectivity index (χ1) is 16.0. The van der Waals surface area contributed by atoms with E-state index in [1.54, 1.807) is 4.57 Å². The highest BCUT2D eigenvalue weighted by Crippen LogP contribution is 2.32.